The van der Waals surface area contributed by atoms with Crippen molar-refractivity contribution in [1.82, 2.24) is 10.2 Å². The van der Waals surface area contributed by atoms with Gasteiger partial charge in [0, 0.05) is 17.6 Å². The predicted molar refractivity (Wildman–Crippen MR) is 89.3 cm³/mol. The predicted octanol–water partition coefficient (Wildman–Crippen LogP) is 4.19. The Bertz CT molecular complexity index is 379. The molecule has 1 atom stereocenters. The molecule has 0 spiro atoms. The van der Waals surface area contributed by atoms with Gasteiger partial charge in [-0.25, -0.2) is 0 Å². The zero-order chi connectivity index (χ0) is 15.0. The van der Waals surface area contributed by atoms with Crippen LogP contribution in [0.15, 0.2) is 24.3 Å². The number of benzene rings is 1. The van der Waals surface area contributed by atoms with Crippen molar-refractivity contribution in [2.75, 3.05) is 20.1 Å². The monoisotopic (exact) mass is 296 g/mol. The highest BCUT2D eigenvalue weighted by atomic mass is 35.5. The van der Waals surface area contributed by atoms with Crippen LogP contribution in [0.5, 0.6) is 0 Å². The Morgan fingerprint density at radius 3 is 2.55 bits per heavy atom. The van der Waals surface area contributed by atoms with E-state index < -0.39 is 0 Å². The van der Waals surface area contributed by atoms with Gasteiger partial charge < -0.3 is 5.32 Å². The highest BCUT2D eigenvalue weighted by Gasteiger charge is 2.10. The largest absolute Gasteiger partial charge is 0.316 e. The summed E-state index contributed by atoms with van der Waals surface area (Å²) in [6.07, 6.45) is 2.44. The summed E-state index contributed by atoms with van der Waals surface area (Å²) < 4.78 is 0. The molecule has 114 valence electrons. The number of nitrogens with zero attached hydrogens (tertiary/aromatic N) is 1. The van der Waals surface area contributed by atoms with Gasteiger partial charge in [0.1, 0.15) is 0 Å². The summed E-state index contributed by atoms with van der Waals surface area (Å²) in [6.45, 7) is 9.92. The van der Waals surface area contributed by atoms with Crippen molar-refractivity contribution in [2.45, 2.75) is 46.2 Å². The van der Waals surface area contributed by atoms with Crippen LogP contribution in [0.2, 0.25) is 5.02 Å². The molecule has 0 saturated heterocycles. The van der Waals surface area contributed by atoms with Gasteiger partial charge in [0.15, 0.2) is 0 Å². The maximum atomic E-state index is 6.21. The minimum Gasteiger partial charge on any atom is -0.316 e. The topological polar surface area (TPSA) is 15.3 Å². The summed E-state index contributed by atoms with van der Waals surface area (Å²) in [5.74, 6) is 0.732. The minimum absolute atomic E-state index is 0.576. The Hall–Kier alpha value is -0.570. The van der Waals surface area contributed by atoms with Crippen LogP contribution in [-0.4, -0.2) is 31.1 Å². The summed E-state index contributed by atoms with van der Waals surface area (Å²) in [6, 6.07) is 8.68. The van der Waals surface area contributed by atoms with Gasteiger partial charge in [0.2, 0.25) is 0 Å². The van der Waals surface area contributed by atoms with Crippen LogP contribution >= 0.6 is 11.6 Å². The lowest BCUT2D eigenvalue weighted by Crippen LogP contribution is -2.30. The Morgan fingerprint density at radius 2 is 1.90 bits per heavy atom. The van der Waals surface area contributed by atoms with Crippen molar-refractivity contribution < 1.29 is 0 Å². The summed E-state index contributed by atoms with van der Waals surface area (Å²) in [7, 11) is 2.18. The highest BCUT2D eigenvalue weighted by Crippen LogP contribution is 2.18. The quantitative estimate of drug-likeness (QED) is 0.688. The molecule has 1 unspecified atom stereocenters. The van der Waals surface area contributed by atoms with Crippen LogP contribution in [0, 0.1) is 5.92 Å². The van der Waals surface area contributed by atoms with E-state index in [0.717, 1.165) is 30.6 Å². The van der Waals surface area contributed by atoms with Crippen LogP contribution in [0.25, 0.3) is 0 Å². The fourth-order valence-corrected chi connectivity index (χ4v) is 2.38. The maximum Gasteiger partial charge on any atom is 0.0451 e. The van der Waals surface area contributed by atoms with Gasteiger partial charge in [-0.15, -0.1) is 0 Å². The lowest BCUT2D eigenvalue weighted by molar-refractivity contribution is 0.234. The standard InChI is InChI=1S/C17H29ClN2/c1-14(2)12-19-11-7-8-15(3)20(4)13-16-9-5-6-10-17(16)18/h5-6,9-10,14-15,19H,7-8,11-13H2,1-4H3. The highest BCUT2D eigenvalue weighted by molar-refractivity contribution is 6.31. The van der Waals surface area contributed by atoms with Crippen LogP contribution in [-0.2, 0) is 6.54 Å². The molecule has 0 aliphatic rings. The number of nitrogens with one attached hydrogen (secondary N) is 1. The second kappa shape index (κ2) is 9.38. The fourth-order valence-electron chi connectivity index (χ4n) is 2.18. The minimum atomic E-state index is 0.576. The molecule has 0 aliphatic heterocycles. The average Bonchev–Trinajstić information content (AvgIpc) is 2.40. The van der Waals surface area contributed by atoms with E-state index in [0.29, 0.717) is 6.04 Å². The molecule has 0 radical (unpaired) electrons. The van der Waals surface area contributed by atoms with Crippen LogP contribution < -0.4 is 5.32 Å². The van der Waals surface area contributed by atoms with Crippen LogP contribution in [0.3, 0.4) is 0 Å². The second-order valence-electron chi connectivity index (χ2n) is 6.10. The van der Waals surface area contributed by atoms with E-state index in [-0.39, 0.29) is 0 Å². The third-order valence-corrected chi connectivity index (χ3v) is 4.03. The normalized spacial score (nSPS) is 13.2. The van der Waals surface area contributed by atoms with Crippen molar-refractivity contribution in [3.8, 4) is 0 Å². The SMILES string of the molecule is CC(C)CNCCCC(C)N(C)Cc1ccccc1Cl. The van der Waals surface area contributed by atoms with Gasteiger partial charge in [-0.1, -0.05) is 43.6 Å². The van der Waals surface area contributed by atoms with Gasteiger partial charge >= 0.3 is 0 Å². The van der Waals surface area contributed by atoms with Gasteiger partial charge in [0.25, 0.3) is 0 Å². The van der Waals surface area contributed by atoms with Gasteiger partial charge in [0.05, 0.1) is 0 Å². The Morgan fingerprint density at radius 1 is 1.20 bits per heavy atom. The molecule has 0 aliphatic carbocycles. The molecule has 1 rings (SSSR count). The Kier molecular flexibility index (Phi) is 8.20. The Balaban J connectivity index is 2.25. The van der Waals surface area contributed by atoms with Gasteiger partial charge in [-0.05, 0) is 57.5 Å². The van der Waals surface area contributed by atoms with Crippen molar-refractivity contribution in [1.29, 1.82) is 0 Å². The van der Waals surface area contributed by atoms with Gasteiger partial charge in [-0.3, -0.25) is 4.90 Å². The molecular weight excluding hydrogens is 268 g/mol. The van der Waals surface area contributed by atoms with Crippen molar-refractivity contribution in [2.24, 2.45) is 5.92 Å². The number of halogens is 1. The lowest BCUT2D eigenvalue weighted by atomic mass is 10.1. The Labute approximate surface area is 129 Å². The van der Waals surface area contributed by atoms with Crippen molar-refractivity contribution in [3.63, 3.8) is 0 Å². The molecular formula is C17H29ClN2. The average molecular weight is 297 g/mol. The molecule has 1 aromatic rings. The molecule has 1 N–H and O–H groups in total. The lowest BCUT2D eigenvalue weighted by Gasteiger charge is -2.25. The summed E-state index contributed by atoms with van der Waals surface area (Å²) in [5.41, 5.74) is 1.21. The number of hydrogen-bond donors (Lipinski definition) is 1. The first-order chi connectivity index (χ1) is 9.50. The molecule has 0 amide bonds. The van der Waals surface area contributed by atoms with E-state index in [1.54, 1.807) is 0 Å². The third-order valence-electron chi connectivity index (χ3n) is 3.66. The summed E-state index contributed by atoms with van der Waals surface area (Å²) in [5, 5.41) is 4.36. The van der Waals surface area contributed by atoms with Crippen LogP contribution in [0.4, 0.5) is 0 Å². The van der Waals surface area contributed by atoms with E-state index in [9.17, 15) is 0 Å². The van der Waals surface area contributed by atoms with E-state index in [4.69, 9.17) is 11.6 Å². The zero-order valence-electron chi connectivity index (χ0n) is 13.3. The molecule has 0 aromatic heterocycles. The molecule has 3 heteroatoms. The van der Waals surface area contributed by atoms with E-state index in [1.165, 1.54) is 18.4 Å². The number of hydrogen-bond acceptors (Lipinski definition) is 2. The van der Waals surface area contributed by atoms with Crippen molar-refractivity contribution in [3.05, 3.63) is 34.9 Å². The molecule has 0 fully saturated rings. The molecule has 0 bridgehead atoms. The van der Waals surface area contributed by atoms with Gasteiger partial charge in [-0.2, -0.15) is 0 Å². The third kappa shape index (κ3) is 6.74. The summed E-state index contributed by atoms with van der Waals surface area (Å²) in [4.78, 5) is 2.38. The van der Waals surface area contributed by atoms with E-state index in [1.807, 2.05) is 12.1 Å². The molecule has 2 nitrogen and oxygen atoms in total. The van der Waals surface area contributed by atoms with E-state index >= 15 is 0 Å². The van der Waals surface area contributed by atoms with Crippen LogP contribution in [0.1, 0.15) is 39.2 Å². The first-order valence-corrected chi connectivity index (χ1v) is 8.03. The maximum absolute atomic E-state index is 6.21. The first-order valence-electron chi connectivity index (χ1n) is 7.65. The van der Waals surface area contributed by atoms with E-state index in [2.05, 4.69) is 50.2 Å². The van der Waals surface area contributed by atoms with Crippen molar-refractivity contribution >= 4 is 11.6 Å². The molecule has 0 heterocycles. The number of rotatable bonds is 9. The second-order valence-corrected chi connectivity index (χ2v) is 6.50. The smallest absolute Gasteiger partial charge is 0.0451 e. The molecule has 20 heavy (non-hydrogen) atoms. The fraction of sp³-hybridized carbons (Fsp3) is 0.647. The zero-order valence-corrected chi connectivity index (χ0v) is 14.1. The summed E-state index contributed by atoms with van der Waals surface area (Å²) >= 11 is 6.21. The first kappa shape index (κ1) is 17.5. The molecule has 0 saturated carbocycles. The molecule has 1 aromatic carbocycles.